The Morgan fingerprint density at radius 2 is 2.10 bits per heavy atom. The number of hydrogen-bond donors (Lipinski definition) is 1. The molecule has 0 aromatic heterocycles. The summed E-state index contributed by atoms with van der Waals surface area (Å²) in [5.41, 5.74) is 10.0. The molecule has 2 unspecified atom stereocenters. The summed E-state index contributed by atoms with van der Waals surface area (Å²) < 4.78 is 6.90. The van der Waals surface area contributed by atoms with Crippen LogP contribution in [0.1, 0.15) is 22.8 Å². The van der Waals surface area contributed by atoms with Crippen LogP contribution in [0.5, 0.6) is 0 Å². The zero-order valence-corrected chi connectivity index (χ0v) is 13.9. The minimum absolute atomic E-state index is 0.0605. The van der Waals surface area contributed by atoms with Gasteiger partial charge in [-0.05, 0) is 41.7 Å². The topological polar surface area (TPSA) is 35.2 Å². The summed E-state index contributed by atoms with van der Waals surface area (Å²) in [7, 11) is 0. The van der Waals surface area contributed by atoms with E-state index in [1.807, 2.05) is 24.3 Å². The summed E-state index contributed by atoms with van der Waals surface area (Å²) in [5, 5.41) is 0.740. The highest BCUT2D eigenvalue weighted by molar-refractivity contribution is 9.10. The van der Waals surface area contributed by atoms with Gasteiger partial charge in [0.2, 0.25) is 0 Å². The van der Waals surface area contributed by atoms with E-state index in [1.54, 1.807) is 0 Å². The van der Waals surface area contributed by atoms with E-state index in [-0.39, 0.29) is 12.1 Å². The second-order valence-electron chi connectivity index (χ2n) is 5.34. The van der Waals surface area contributed by atoms with Crippen molar-refractivity contribution in [1.29, 1.82) is 0 Å². The fourth-order valence-corrected chi connectivity index (χ4v) is 3.58. The molecule has 21 heavy (non-hydrogen) atoms. The number of hydrogen-bond acceptors (Lipinski definition) is 2. The van der Waals surface area contributed by atoms with E-state index in [1.165, 1.54) is 11.1 Å². The highest BCUT2D eigenvalue weighted by atomic mass is 79.9. The maximum absolute atomic E-state index is 6.41. The first-order valence-electron chi connectivity index (χ1n) is 7.04. The minimum atomic E-state index is -0.106. The smallest absolute Gasteiger partial charge is 0.0981 e. The van der Waals surface area contributed by atoms with E-state index < -0.39 is 0 Å². The predicted octanol–water partition coefficient (Wildman–Crippen LogP) is 4.29. The lowest BCUT2D eigenvalue weighted by atomic mass is 9.91. The van der Waals surface area contributed by atoms with E-state index in [4.69, 9.17) is 22.1 Å². The van der Waals surface area contributed by atoms with Gasteiger partial charge in [-0.15, -0.1) is 0 Å². The van der Waals surface area contributed by atoms with Crippen molar-refractivity contribution in [3.63, 3.8) is 0 Å². The lowest BCUT2D eigenvalue weighted by Crippen LogP contribution is -2.35. The van der Waals surface area contributed by atoms with Gasteiger partial charge in [0.05, 0.1) is 12.7 Å². The molecule has 2 N–H and O–H groups in total. The number of ether oxygens (including phenoxy) is 1. The Morgan fingerprint density at radius 3 is 2.90 bits per heavy atom. The molecule has 0 fully saturated rings. The third-order valence-electron chi connectivity index (χ3n) is 3.89. The lowest BCUT2D eigenvalue weighted by molar-refractivity contribution is 0.0246. The quantitative estimate of drug-likeness (QED) is 0.879. The molecule has 3 rings (SSSR count). The highest BCUT2D eigenvalue weighted by Gasteiger charge is 2.26. The third kappa shape index (κ3) is 3.32. The van der Waals surface area contributed by atoms with Crippen LogP contribution in [-0.4, -0.2) is 12.6 Å². The normalized spacial score (nSPS) is 19.1. The fourth-order valence-electron chi connectivity index (χ4n) is 2.83. The molecule has 0 bridgehead atoms. The number of benzene rings is 2. The number of halogens is 2. The molecular weight excluding hydrogens is 350 g/mol. The molecule has 0 saturated heterocycles. The molecule has 0 aliphatic carbocycles. The van der Waals surface area contributed by atoms with E-state index >= 15 is 0 Å². The molecule has 2 aromatic carbocycles. The average molecular weight is 367 g/mol. The van der Waals surface area contributed by atoms with Crippen molar-refractivity contribution >= 4 is 27.5 Å². The van der Waals surface area contributed by atoms with E-state index in [2.05, 4.69) is 34.1 Å². The zero-order chi connectivity index (χ0) is 14.8. The summed E-state index contributed by atoms with van der Waals surface area (Å²) in [6.07, 6.45) is 1.60. The van der Waals surface area contributed by atoms with Crippen LogP contribution in [-0.2, 0) is 17.6 Å². The van der Waals surface area contributed by atoms with Crippen LogP contribution in [0.3, 0.4) is 0 Å². The first kappa shape index (κ1) is 15.0. The van der Waals surface area contributed by atoms with Gasteiger partial charge in [0.1, 0.15) is 0 Å². The minimum Gasteiger partial charge on any atom is -0.372 e. The Bertz CT molecular complexity index is 646. The predicted molar refractivity (Wildman–Crippen MR) is 89.7 cm³/mol. The number of nitrogens with two attached hydrogens (primary N) is 1. The van der Waals surface area contributed by atoms with Crippen LogP contribution >= 0.6 is 27.5 Å². The second kappa shape index (κ2) is 6.49. The van der Waals surface area contributed by atoms with Gasteiger partial charge in [0.25, 0.3) is 0 Å². The molecule has 0 spiro atoms. The molecule has 2 atom stereocenters. The Kier molecular flexibility index (Phi) is 4.65. The van der Waals surface area contributed by atoms with Gasteiger partial charge in [-0.1, -0.05) is 57.9 Å². The molecule has 4 heteroatoms. The van der Waals surface area contributed by atoms with E-state index in [9.17, 15) is 0 Å². The molecule has 110 valence electrons. The number of rotatable bonds is 3. The third-order valence-corrected chi connectivity index (χ3v) is 4.74. The second-order valence-corrected chi connectivity index (χ2v) is 6.67. The highest BCUT2D eigenvalue weighted by Crippen LogP contribution is 2.31. The Hall–Kier alpha value is -0.870. The van der Waals surface area contributed by atoms with Crippen LogP contribution in [0, 0.1) is 0 Å². The van der Waals surface area contributed by atoms with Crippen molar-refractivity contribution < 1.29 is 4.74 Å². The molecule has 2 aromatic rings. The zero-order valence-electron chi connectivity index (χ0n) is 11.6. The first-order chi connectivity index (χ1) is 10.1. The molecule has 2 nitrogen and oxygen atoms in total. The van der Waals surface area contributed by atoms with Crippen LogP contribution in [0.25, 0.3) is 0 Å². The van der Waals surface area contributed by atoms with Crippen LogP contribution < -0.4 is 5.73 Å². The van der Waals surface area contributed by atoms with Gasteiger partial charge in [-0.2, -0.15) is 0 Å². The van der Waals surface area contributed by atoms with Crippen LogP contribution in [0.15, 0.2) is 46.9 Å². The van der Waals surface area contributed by atoms with Gasteiger partial charge < -0.3 is 10.5 Å². The summed E-state index contributed by atoms with van der Waals surface area (Å²) >= 11 is 9.71. The molecular formula is C17H17BrClNO. The van der Waals surface area contributed by atoms with E-state index in [0.29, 0.717) is 6.42 Å². The average Bonchev–Trinajstić information content (AvgIpc) is 2.49. The molecule has 0 saturated carbocycles. The standard InChI is InChI=1S/C17H17BrClNO/c18-13-6-5-12(15(19)10-13)9-16(20)17-14-4-2-1-3-11(14)7-8-21-17/h1-6,10,16-17H,7-9,20H2. The summed E-state index contributed by atoms with van der Waals surface area (Å²) in [6.45, 7) is 0.726. The fraction of sp³-hybridized carbons (Fsp3) is 0.294. The molecule has 1 aliphatic rings. The van der Waals surface area contributed by atoms with Crippen LogP contribution in [0.4, 0.5) is 0 Å². The van der Waals surface area contributed by atoms with Gasteiger partial charge in [-0.3, -0.25) is 0 Å². The largest absolute Gasteiger partial charge is 0.372 e. The molecule has 0 radical (unpaired) electrons. The summed E-state index contributed by atoms with van der Waals surface area (Å²) in [4.78, 5) is 0. The molecule has 1 aliphatic heterocycles. The van der Waals surface area contributed by atoms with Crippen molar-refractivity contribution in [1.82, 2.24) is 0 Å². The first-order valence-corrected chi connectivity index (χ1v) is 8.21. The lowest BCUT2D eigenvalue weighted by Gasteiger charge is -2.30. The van der Waals surface area contributed by atoms with Crippen molar-refractivity contribution in [2.75, 3.05) is 6.61 Å². The Morgan fingerprint density at radius 1 is 1.29 bits per heavy atom. The van der Waals surface area contributed by atoms with Gasteiger partial charge in [0, 0.05) is 15.5 Å². The Labute approximate surface area is 138 Å². The van der Waals surface area contributed by atoms with Crippen molar-refractivity contribution in [2.24, 2.45) is 5.73 Å². The van der Waals surface area contributed by atoms with Gasteiger partial charge in [0.15, 0.2) is 0 Å². The maximum atomic E-state index is 6.41. The molecule has 0 amide bonds. The molecule has 1 heterocycles. The SMILES string of the molecule is NC(Cc1ccc(Br)cc1Cl)C1OCCc2ccccc21. The maximum Gasteiger partial charge on any atom is 0.0981 e. The summed E-state index contributed by atoms with van der Waals surface area (Å²) in [6, 6.07) is 14.2. The summed E-state index contributed by atoms with van der Waals surface area (Å²) in [5.74, 6) is 0. The van der Waals surface area contributed by atoms with Crippen molar-refractivity contribution in [2.45, 2.75) is 25.0 Å². The monoisotopic (exact) mass is 365 g/mol. The van der Waals surface area contributed by atoms with Crippen LogP contribution in [0.2, 0.25) is 5.02 Å². The van der Waals surface area contributed by atoms with Gasteiger partial charge >= 0.3 is 0 Å². The Balaban J connectivity index is 1.81. The van der Waals surface area contributed by atoms with Crippen molar-refractivity contribution in [3.8, 4) is 0 Å². The van der Waals surface area contributed by atoms with E-state index in [0.717, 1.165) is 28.1 Å². The van der Waals surface area contributed by atoms with Gasteiger partial charge in [-0.25, -0.2) is 0 Å². The van der Waals surface area contributed by atoms with Crippen molar-refractivity contribution in [3.05, 3.63) is 68.7 Å². The number of fused-ring (bicyclic) bond motifs is 1.